The number of aromatic nitrogens is 1. The van der Waals surface area contributed by atoms with E-state index in [-0.39, 0.29) is 24.0 Å². The lowest BCUT2D eigenvalue weighted by molar-refractivity contribution is 0.0154. The monoisotopic (exact) mass is 464 g/mol. The SMILES string of the molecule is CCc1cnc(CCNC(=NC)NCC2CN3CCN2CC3)s1.I. The molecule has 24 heavy (non-hydrogen) atoms. The van der Waals surface area contributed by atoms with Crippen LogP contribution in [0.1, 0.15) is 16.8 Å². The maximum Gasteiger partial charge on any atom is 0.191 e. The van der Waals surface area contributed by atoms with Gasteiger partial charge in [-0.1, -0.05) is 6.92 Å². The molecule has 2 N–H and O–H groups in total. The lowest BCUT2D eigenvalue weighted by Crippen LogP contribution is -2.63. The number of guanidine groups is 1. The predicted octanol–water partition coefficient (Wildman–Crippen LogP) is 1.03. The van der Waals surface area contributed by atoms with E-state index in [9.17, 15) is 0 Å². The molecule has 1 unspecified atom stereocenters. The number of hydrogen-bond donors (Lipinski definition) is 2. The maximum atomic E-state index is 4.46. The van der Waals surface area contributed by atoms with E-state index >= 15 is 0 Å². The van der Waals surface area contributed by atoms with Crippen molar-refractivity contribution >= 4 is 41.3 Å². The fourth-order valence-corrected chi connectivity index (χ4v) is 4.13. The Bertz CT molecular complexity index is 526. The molecule has 0 radical (unpaired) electrons. The summed E-state index contributed by atoms with van der Waals surface area (Å²) < 4.78 is 0. The summed E-state index contributed by atoms with van der Waals surface area (Å²) in [4.78, 5) is 15.3. The first-order valence-electron chi connectivity index (χ1n) is 8.63. The molecule has 1 atom stereocenters. The summed E-state index contributed by atoms with van der Waals surface area (Å²) in [5.74, 6) is 0.898. The number of rotatable bonds is 6. The van der Waals surface area contributed by atoms with E-state index in [1.165, 1.54) is 42.6 Å². The van der Waals surface area contributed by atoms with Gasteiger partial charge in [0.1, 0.15) is 0 Å². The van der Waals surface area contributed by atoms with Crippen molar-refractivity contribution in [2.75, 3.05) is 52.9 Å². The number of piperazine rings is 3. The number of halogens is 1. The van der Waals surface area contributed by atoms with Crippen molar-refractivity contribution in [3.8, 4) is 0 Å². The van der Waals surface area contributed by atoms with E-state index in [2.05, 4.69) is 37.3 Å². The van der Waals surface area contributed by atoms with Crippen LogP contribution in [-0.2, 0) is 12.8 Å². The molecule has 3 aliphatic heterocycles. The van der Waals surface area contributed by atoms with Gasteiger partial charge in [0.05, 0.1) is 5.01 Å². The Morgan fingerprint density at radius 2 is 2.12 bits per heavy atom. The van der Waals surface area contributed by atoms with E-state index in [0.717, 1.165) is 31.9 Å². The molecule has 0 aliphatic carbocycles. The average molecular weight is 464 g/mol. The van der Waals surface area contributed by atoms with Crippen LogP contribution in [0.5, 0.6) is 0 Å². The zero-order valence-electron chi connectivity index (χ0n) is 14.6. The van der Waals surface area contributed by atoms with Gasteiger partial charge in [0.25, 0.3) is 0 Å². The highest BCUT2D eigenvalue weighted by Gasteiger charge is 2.31. The summed E-state index contributed by atoms with van der Waals surface area (Å²) in [6.45, 7) is 10.1. The standard InChI is InChI=1S/C16H28N6S.HI/c1-3-14-11-19-15(23-14)4-5-18-16(17-2)20-10-13-12-21-6-8-22(13)9-7-21;/h11,13H,3-10,12H2,1-2H3,(H2,17,18,20);1H. The zero-order valence-corrected chi connectivity index (χ0v) is 17.8. The summed E-state index contributed by atoms with van der Waals surface area (Å²) in [6.07, 6.45) is 4.02. The molecule has 0 spiro atoms. The maximum absolute atomic E-state index is 4.46. The van der Waals surface area contributed by atoms with E-state index < -0.39 is 0 Å². The van der Waals surface area contributed by atoms with Gasteiger partial charge in [-0.3, -0.25) is 14.8 Å². The largest absolute Gasteiger partial charge is 0.356 e. The fraction of sp³-hybridized carbons (Fsp3) is 0.750. The molecule has 4 rings (SSSR count). The number of nitrogens with one attached hydrogen (secondary N) is 2. The molecular weight excluding hydrogens is 435 g/mol. The van der Waals surface area contributed by atoms with Crippen LogP contribution in [0.3, 0.4) is 0 Å². The highest BCUT2D eigenvalue weighted by atomic mass is 127. The van der Waals surface area contributed by atoms with Crippen molar-refractivity contribution < 1.29 is 0 Å². The molecule has 1 aromatic heterocycles. The Hall–Kier alpha value is -0.450. The molecule has 0 amide bonds. The van der Waals surface area contributed by atoms with Gasteiger partial charge in [0, 0.05) is 76.4 Å². The molecule has 3 aliphatic rings. The van der Waals surface area contributed by atoms with Crippen molar-refractivity contribution in [3.05, 3.63) is 16.1 Å². The molecule has 3 fully saturated rings. The van der Waals surface area contributed by atoms with Crippen LogP contribution >= 0.6 is 35.3 Å². The first kappa shape index (κ1) is 19.9. The Balaban J connectivity index is 0.00000208. The summed E-state index contributed by atoms with van der Waals surface area (Å²) in [7, 11) is 1.84. The Kier molecular flexibility index (Phi) is 8.18. The second-order valence-electron chi connectivity index (χ2n) is 6.19. The minimum Gasteiger partial charge on any atom is -0.356 e. The van der Waals surface area contributed by atoms with Crippen molar-refractivity contribution in [1.82, 2.24) is 25.4 Å². The van der Waals surface area contributed by atoms with E-state index in [1.807, 2.05) is 24.6 Å². The van der Waals surface area contributed by atoms with Crippen LogP contribution in [0.25, 0.3) is 0 Å². The number of aliphatic imine (C=N–C) groups is 1. The molecule has 136 valence electrons. The first-order valence-corrected chi connectivity index (χ1v) is 9.44. The smallest absolute Gasteiger partial charge is 0.191 e. The van der Waals surface area contributed by atoms with Crippen molar-refractivity contribution in [3.63, 3.8) is 0 Å². The Morgan fingerprint density at radius 3 is 2.71 bits per heavy atom. The summed E-state index contributed by atoms with van der Waals surface area (Å²) in [5, 5.41) is 8.08. The first-order chi connectivity index (χ1) is 11.3. The zero-order chi connectivity index (χ0) is 16.1. The second kappa shape index (κ2) is 9.88. The molecule has 8 heteroatoms. The van der Waals surface area contributed by atoms with E-state index in [0.29, 0.717) is 6.04 Å². The molecular formula is C16H29IN6S. The van der Waals surface area contributed by atoms with Crippen LogP contribution in [0.4, 0.5) is 0 Å². The van der Waals surface area contributed by atoms with Gasteiger partial charge >= 0.3 is 0 Å². The average Bonchev–Trinajstić information content (AvgIpc) is 3.07. The highest BCUT2D eigenvalue weighted by Crippen LogP contribution is 2.15. The molecule has 1 aromatic rings. The lowest BCUT2D eigenvalue weighted by atomic mass is 10.1. The van der Waals surface area contributed by atoms with Crippen molar-refractivity contribution in [2.45, 2.75) is 25.8 Å². The summed E-state index contributed by atoms with van der Waals surface area (Å²) >= 11 is 1.81. The number of nitrogens with zero attached hydrogens (tertiary/aromatic N) is 4. The fourth-order valence-electron chi connectivity index (χ4n) is 3.27. The second-order valence-corrected chi connectivity index (χ2v) is 7.39. The van der Waals surface area contributed by atoms with Gasteiger partial charge in [-0.25, -0.2) is 4.98 Å². The normalized spacial score (nSPS) is 26.1. The third-order valence-corrected chi connectivity index (χ3v) is 5.90. The number of hydrogen-bond acceptors (Lipinski definition) is 5. The minimum absolute atomic E-state index is 0. The quantitative estimate of drug-likeness (QED) is 0.374. The topological polar surface area (TPSA) is 55.8 Å². The van der Waals surface area contributed by atoms with Gasteiger partial charge in [0.2, 0.25) is 0 Å². The Labute approximate surface area is 166 Å². The number of fused-ring (bicyclic) bond motifs is 3. The number of thiazole rings is 1. The van der Waals surface area contributed by atoms with Crippen molar-refractivity contribution in [1.29, 1.82) is 0 Å². The van der Waals surface area contributed by atoms with Crippen LogP contribution in [0, 0.1) is 0 Å². The van der Waals surface area contributed by atoms with Crippen LogP contribution in [-0.4, -0.2) is 79.6 Å². The third kappa shape index (κ3) is 5.27. The van der Waals surface area contributed by atoms with Gasteiger partial charge in [0.15, 0.2) is 5.96 Å². The van der Waals surface area contributed by atoms with E-state index in [4.69, 9.17) is 0 Å². The van der Waals surface area contributed by atoms with Gasteiger partial charge in [-0.2, -0.15) is 0 Å². The predicted molar refractivity (Wildman–Crippen MR) is 112 cm³/mol. The summed E-state index contributed by atoms with van der Waals surface area (Å²) in [6, 6.07) is 0.613. The van der Waals surface area contributed by atoms with Gasteiger partial charge in [-0.15, -0.1) is 35.3 Å². The van der Waals surface area contributed by atoms with Crippen molar-refractivity contribution in [2.24, 2.45) is 4.99 Å². The van der Waals surface area contributed by atoms with Crippen LogP contribution < -0.4 is 10.6 Å². The van der Waals surface area contributed by atoms with Crippen LogP contribution in [0.2, 0.25) is 0 Å². The molecule has 2 bridgehead atoms. The molecule has 0 aromatic carbocycles. The van der Waals surface area contributed by atoms with E-state index in [1.54, 1.807) is 0 Å². The molecule has 0 saturated carbocycles. The number of aryl methyl sites for hydroxylation is 1. The molecule has 3 saturated heterocycles. The van der Waals surface area contributed by atoms with Crippen LogP contribution in [0.15, 0.2) is 11.2 Å². The van der Waals surface area contributed by atoms with Gasteiger partial charge in [-0.05, 0) is 6.42 Å². The minimum atomic E-state index is 0. The van der Waals surface area contributed by atoms with Gasteiger partial charge < -0.3 is 10.6 Å². The molecule has 6 nitrogen and oxygen atoms in total. The summed E-state index contributed by atoms with van der Waals surface area (Å²) in [5.41, 5.74) is 0. The highest BCUT2D eigenvalue weighted by molar-refractivity contribution is 14.0. The molecule has 4 heterocycles. The lowest BCUT2D eigenvalue weighted by Gasteiger charge is -2.47. The Morgan fingerprint density at radius 1 is 1.33 bits per heavy atom. The third-order valence-electron chi connectivity index (χ3n) is 4.70.